The van der Waals surface area contributed by atoms with Crippen LogP contribution >= 0.6 is 0 Å². The third kappa shape index (κ3) is 5.88. The summed E-state index contributed by atoms with van der Waals surface area (Å²) in [5, 5.41) is 9.95. The fraction of sp³-hybridized carbons (Fsp3) is 0.286. The first-order chi connectivity index (χ1) is 16.4. The van der Waals surface area contributed by atoms with Crippen LogP contribution in [0, 0.1) is 5.82 Å². The lowest BCUT2D eigenvalue weighted by Gasteiger charge is -2.24. The molecule has 0 amide bonds. The standard InChI is InChI=1S/C28H28FNO4/c1-18(2)26-14-24(33-17-19-4-3-11-30-16-19)15-27(20-5-7-21(29)8-6-20)25(26)10-9-23-12-22(31)13-28(32)34-23/h3-11,14-16,18,22-23,31H,12-13,17H2,1-2H3/t22-,23-/m1/s1. The maximum absolute atomic E-state index is 13.6. The minimum absolute atomic E-state index is 0.0192. The number of nitrogens with zero attached hydrogens (tertiary/aromatic N) is 1. The number of aliphatic hydroxyl groups excluding tert-OH is 1. The molecular weight excluding hydrogens is 433 g/mol. The van der Waals surface area contributed by atoms with Gasteiger partial charge in [-0.1, -0.05) is 38.1 Å². The molecule has 1 fully saturated rings. The topological polar surface area (TPSA) is 68.7 Å². The molecule has 3 aromatic rings. The van der Waals surface area contributed by atoms with Gasteiger partial charge in [-0.05, 0) is 64.6 Å². The molecule has 0 bridgehead atoms. The molecule has 2 heterocycles. The predicted molar refractivity (Wildman–Crippen MR) is 129 cm³/mol. The fourth-order valence-corrected chi connectivity index (χ4v) is 4.04. The van der Waals surface area contributed by atoms with Gasteiger partial charge in [-0.15, -0.1) is 0 Å². The van der Waals surface area contributed by atoms with Crippen molar-refractivity contribution in [3.63, 3.8) is 0 Å². The van der Waals surface area contributed by atoms with Gasteiger partial charge in [0, 0.05) is 24.4 Å². The average molecular weight is 462 g/mol. The Morgan fingerprint density at radius 2 is 2.03 bits per heavy atom. The van der Waals surface area contributed by atoms with Gasteiger partial charge in [0.2, 0.25) is 0 Å². The SMILES string of the molecule is CC(C)c1cc(OCc2cccnc2)cc(-c2ccc(F)cc2)c1C=C[C@@H]1C[C@@H](O)CC(=O)O1. The highest BCUT2D eigenvalue weighted by Crippen LogP contribution is 2.36. The smallest absolute Gasteiger partial charge is 0.309 e. The van der Waals surface area contributed by atoms with Gasteiger partial charge in [-0.2, -0.15) is 0 Å². The number of ether oxygens (including phenoxy) is 2. The Kier molecular flexibility index (Phi) is 7.38. The van der Waals surface area contributed by atoms with Crippen LogP contribution < -0.4 is 4.74 Å². The number of aliphatic hydroxyl groups is 1. The van der Waals surface area contributed by atoms with Gasteiger partial charge in [0.15, 0.2) is 0 Å². The molecule has 1 aliphatic heterocycles. The van der Waals surface area contributed by atoms with Gasteiger partial charge in [0.1, 0.15) is 24.3 Å². The molecule has 2 atom stereocenters. The summed E-state index contributed by atoms with van der Waals surface area (Å²) >= 11 is 0. The highest BCUT2D eigenvalue weighted by molar-refractivity contribution is 5.79. The predicted octanol–water partition coefficient (Wildman–Crippen LogP) is 5.67. The van der Waals surface area contributed by atoms with Crippen LogP contribution in [0.25, 0.3) is 17.2 Å². The van der Waals surface area contributed by atoms with E-state index < -0.39 is 18.2 Å². The molecule has 1 aromatic heterocycles. The van der Waals surface area contributed by atoms with Crippen molar-refractivity contribution in [2.45, 2.75) is 51.4 Å². The lowest BCUT2D eigenvalue weighted by molar-refractivity contribution is -0.156. The first-order valence-electron chi connectivity index (χ1n) is 11.4. The molecule has 0 unspecified atom stereocenters. The molecule has 2 aromatic carbocycles. The quantitative estimate of drug-likeness (QED) is 0.459. The number of cyclic esters (lactones) is 1. The number of esters is 1. The van der Waals surface area contributed by atoms with Crippen molar-refractivity contribution < 1.29 is 23.8 Å². The van der Waals surface area contributed by atoms with Crippen LogP contribution in [-0.2, 0) is 16.1 Å². The number of aromatic nitrogens is 1. The Balaban J connectivity index is 1.73. The largest absolute Gasteiger partial charge is 0.489 e. The molecular formula is C28H28FNO4. The molecule has 0 spiro atoms. The number of hydrogen-bond donors (Lipinski definition) is 1. The van der Waals surface area contributed by atoms with Crippen molar-refractivity contribution in [2.24, 2.45) is 0 Å². The first-order valence-corrected chi connectivity index (χ1v) is 11.4. The summed E-state index contributed by atoms with van der Waals surface area (Å²) in [5.74, 6) is 0.149. The van der Waals surface area contributed by atoms with E-state index in [9.17, 15) is 14.3 Å². The Hall–Kier alpha value is -3.51. The second kappa shape index (κ2) is 10.6. The summed E-state index contributed by atoms with van der Waals surface area (Å²) in [4.78, 5) is 15.9. The van der Waals surface area contributed by atoms with Crippen LogP contribution in [0.1, 0.15) is 49.3 Å². The van der Waals surface area contributed by atoms with Crippen molar-refractivity contribution in [1.29, 1.82) is 0 Å². The third-order valence-corrected chi connectivity index (χ3v) is 5.76. The highest BCUT2D eigenvalue weighted by atomic mass is 19.1. The van der Waals surface area contributed by atoms with Crippen molar-refractivity contribution in [3.05, 3.63) is 89.5 Å². The van der Waals surface area contributed by atoms with Gasteiger partial charge >= 0.3 is 5.97 Å². The summed E-state index contributed by atoms with van der Waals surface area (Å²) < 4.78 is 25.1. The van der Waals surface area contributed by atoms with Crippen molar-refractivity contribution >= 4 is 12.0 Å². The molecule has 0 aliphatic carbocycles. The lowest BCUT2D eigenvalue weighted by Crippen LogP contribution is -2.31. The molecule has 176 valence electrons. The van der Waals surface area contributed by atoms with E-state index >= 15 is 0 Å². The number of carbonyl (C=O) groups is 1. The van der Waals surface area contributed by atoms with Crippen LogP contribution in [-0.4, -0.2) is 28.3 Å². The fourth-order valence-electron chi connectivity index (χ4n) is 4.04. The summed E-state index contributed by atoms with van der Waals surface area (Å²) in [6.07, 6.45) is 6.39. The Morgan fingerprint density at radius 1 is 1.24 bits per heavy atom. The molecule has 1 saturated heterocycles. The number of benzene rings is 2. The van der Waals surface area contributed by atoms with Crippen LogP contribution in [0.5, 0.6) is 5.75 Å². The normalized spacial score (nSPS) is 18.3. The average Bonchev–Trinajstić information content (AvgIpc) is 2.82. The van der Waals surface area contributed by atoms with E-state index in [-0.39, 0.29) is 18.2 Å². The highest BCUT2D eigenvalue weighted by Gasteiger charge is 2.25. The zero-order chi connectivity index (χ0) is 24.1. The number of pyridine rings is 1. The molecule has 34 heavy (non-hydrogen) atoms. The first kappa shape index (κ1) is 23.6. The van der Waals surface area contributed by atoms with E-state index in [1.54, 1.807) is 24.5 Å². The minimum atomic E-state index is -0.708. The molecule has 1 N–H and O–H groups in total. The number of rotatable bonds is 7. The lowest BCUT2D eigenvalue weighted by atomic mass is 9.89. The molecule has 1 aliphatic rings. The van der Waals surface area contributed by atoms with Crippen molar-refractivity contribution in [3.8, 4) is 16.9 Å². The van der Waals surface area contributed by atoms with E-state index in [4.69, 9.17) is 9.47 Å². The van der Waals surface area contributed by atoms with E-state index in [1.807, 2.05) is 36.4 Å². The minimum Gasteiger partial charge on any atom is -0.489 e. The Morgan fingerprint density at radius 3 is 2.71 bits per heavy atom. The van der Waals surface area contributed by atoms with Gasteiger partial charge < -0.3 is 14.6 Å². The van der Waals surface area contributed by atoms with E-state index in [2.05, 4.69) is 18.8 Å². The number of hydrogen-bond acceptors (Lipinski definition) is 5. The van der Waals surface area contributed by atoms with Gasteiger partial charge in [-0.25, -0.2) is 4.39 Å². The van der Waals surface area contributed by atoms with E-state index in [1.165, 1.54) is 12.1 Å². The van der Waals surface area contributed by atoms with Crippen molar-refractivity contribution in [2.75, 3.05) is 0 Å². The van der Waals surface area contributed by atoms with Crippen LogP contribution in [0.2, 0.25) is 0 Å². The number of halogens is 1. The van der Waals surface area contributed by atoms with Gasteiger partial charge in [0.25, 0.3) is 0 Å². The molecule has 0 saturated carbocycles. The van der Waals surface area contributed by atoms with Gasteiger partial charge in [-0.3, -0.25) is 9.78 Å². The number of carbonyl (C=O) groups excluding carboxylic acids is 1. The summed E-state index contributed by atoms with van der Waals surface area (Å²) in [5.41, 5.74) is 4.66. The summed E-state index contributed by atoms with van der Waals surface area (Å²) in [6, 6.07) is 14.1. The summed E-state index contributed by atoms with van der Waals surface area (Å²) in [7, 11) is 0. The van der Waals surface area contributed by atoms with E-state index in [0.29, 0.717) is 18.8 Å². The second-order valence-electron chi connectivity index (χ2n) is 8.77. The molecule has 0 radical (unpaired) electrons. The Labute approximate surface area is 198 Å². The second-order valence-corrected chi connectivity index (χ2v) is 8.77. The van der Waals surface area contributed by atoms with Crippen LogP contribution in [0.15, 0.2) is 67.0 Å². The van der Waals surface area contributed by atoms with E-state index in [0.717, 1.165) is 27.8 Å². The maximum atomic E-state index is 13.6. The third-order valence-electron chi connectivity index (χ3n) is 5.76. The van der Waals surface area contributed by atoms with Crippen LogP contribution in [0.4, 0.5) is 4.39 Å². The van der Waals surface area contributed by atoms with Crippen molar-refractivity contribution in [1.82, 2.24) is 4.98 Å². The molecule has 6 heteroatoms. The molecule has 5 nitrogen and oxygen atoms in total. The summed E-state index contributed by atoms with van der Waals surface area (Å²) in [6.45, 7) is 4.56. The van der Waals surface area contributed by atoms with Crippen LogP contribution in [0.3, 0.4) is 0 Å². The van der Waals surface area contributed by atoms with Gasteiger partial charge in [0.05, 0.1) is 12.5 Å². The maximum Gasteiger partial charge on any atom is 0.309 e. The molecule has 4 rings (SSSR count). The monoisotopic (exact) mass is 461 g/mol. The zero-order valence-corrected chi connectivity index (χ0v) is 19.3. The Bertz CT molecular complexity index is 1160. The zero-order valence-electron chi connectivity index (χ0n) is 19.3.